The lowest BCUT2D eigenvalue weighted by Gasteiger charge is -2.15. The topological polar surface area (TPSA) is 40.5 Å². The Balaban J connectivity index is 1.89. The Bertz CT molecular complexity index is 414. The van der Waals surface area contributed by atoms with Gasteiger partial charge in [-0.1, -0.05) is 0 Å². The maximum Gasteiger partial charge on any atom is 0.303 e. The summed E-state index contributed by atoms with van der Waals surface area (Å²) in [4.78, 5) is 15.8. The number of rotatable bonds is 4. The van der Waals surface area contributed by atoms with E-state index in [9.17, 15) is 4.79 Å². The maximum atomic E-state index is 10.7. The first-order chi connectivity index (χ1) is 8.04. The number of hydrogen-bond acceptors (Lipinski definition) is 3. The SMILES string of the molecule is Cc1cc(CN2CCC(CC(=O)O)C2)c(C)s1. The highest BCUT2D eigenvalue weighted by Crippen LogP contribution is 2.26. The van der Waals surface area contributed by atoms with Crippen LogP contribution < -0.4 is 0 Å². The van der Waals surface area contributed by atoms with Crippen LogP contribution in [0.4, 0.5) is 0 Å². The predicted octanol–water partition coefficient (Wildman–Crippen LogP) is 2.66. The molecule has 1 fully saturated rings. The zero-order chi connectivity index (χ0) is 12.4. The molecule has 94 valence electrons. The Labute approximate surface area is 106 Å². The molecular weight excluding hydrogens is 234 g/mol. The lowest BCUT2D eigenvalue weighted by Crippen LogP contribution is -2.20. The van der Waals surface area contributed by atoms with Gasteiger partial charge in [0.2, 0.25) is 0 Å². The van der Waals surface area contributed by atoms with Crippen molar-refractivity contribution in [1.29, 1.82) is 0 Å². The molecule has 1 aliphatic rings. The predicted molar refractivity (Wildman–Crippen MR) is 69.4 cm³/mol. The van der Waals surface area contributed by atoms with E-state index in [1.807, 2.05) is 11.3 Å². The van der Waals surface area contributed by atoms with Crippen LogP contribution in [0.15, 0.2) is 6.07 Å². The average molecular weight is 253 g/mol. The summed E-state index contributed by atoms with van der Waals surface area (Å²) < 4.78 is 0. The van der Waals surface area contributed by atoms with Crippen LogP contribution in [0.1, 0.15) is 28.2 Å². The Kier molecular flexibility index (Phi) is 3.84. The van der Waals surface area contributed by atoms with Gasteiger partial charge in [0.25, 0.3) is 0 Å². The van der Waals surface area contributed by atoms with Crippen molar-refractivity contribution in [3.8, 4) is 0 Å². The van der Waals surface area contributed by atoms with Gasteiger partial charge in [-0.15, -0.1) is 11.3 Å². The number of aryl methyl sites for hydroxylation is 2. The molecule has 0 amide bonds. The Hall–Kier alpha value is -0.870. The Morgan fingerprint density at radius 3 is 2.94 bits per heavy atom. The van der Waals surface area contributed by atoms with Crippen molar-refractivity contribution < 1.29 is 9.90 Å². The van der Waals surface area contributed by atoms with Crippen LogP contribution in [0.2, 0.25) is 0 Å². The quantitative estimate of drug-likeness (QED) is 0.897. The zero-order valence-corrected chi connectivity index (χ0v) is 11.2. The highest BCUT2D eigenvalue weighted by molar-refractivity contribution is 7.12. The third kappa shape index (κ3) is 3.30. The van der Waals surface area contributed by atoms with Gasteiger partial charge >= 0.3 is 5.97 Å². The Morgan fingerprint density at radius 1 is 1.59 bits per heavy atom. The molecule has 2 rings (SSSR count). The van der Waals surface area contributed by atoms with Crippen molar-refractivity contribution in [2.45, 2.75) is 33.2 Å². The highest BCUT2D eigenvalue weighted by atomic mass is 32.1. The monoisotopic (exact) mass is 253 g/mol. The molecule has 0 spiro atoms. The van der Waals surface area contributed by atoms with Crippen molar-refractivity contribution in [1.82, 2.24) is 4.90 Å². The van der Waals surface area contributed by atoms with Gasteiger partial charge in [0.15, 0.2) is 0 Å². The van der Waals surface area contributed by atoms with Crippen LogP contribution >= 0.6 is 11.3 Å². The molecule has 0 aliphatic carbocycles. The molecule has 1 N–H and O–H groups in total. The fraction of sp³-hybridized carbons (Fsp3) is 0.615. The number of carbonyl (C=O) groups is 1. The van der Waals surface area contributed by atoms with Gasteiger partial charge in [0.05, 0.1) is 0 Å². The van der Waals surface area contributed by atoms with Gasteiger partial charge in [0, 0.05) is 29.3 Å². The smallest absolute Gasteiger partial charge is 0.303 e. The van der Waals surface area contributed by atoms with Gasteiger partial charge in [-0.3, -0.25) is 9.69 Å². The molecule has 2 heterocycles. The first-order valence-electron chi connectivity index (χ1n) is 6.04. The number of hydrogen-bond donors (Lipinski definition) is 1. The van der Waals surface area contributed by atoms with E-state index < -0.39 is 5.97 Å². The van der Waals surface area contributed by atoms with Crippen molar-refractivity contribution in [2.75, 3.05) is 13.1 Å². The van der Waals surface area contributed by atoms with Crippen molar-refractivity contribution in [3.63, 3.8) is 0 Å². The minimum atomic E-state index is -0.667. The van der Waals surface area contributed by atoms with E-state index in [1.54, 1.807) is 0 Å². The van der Waals surface area contributed by atoms with E-state index in [-0.39, 0.29) is 0 Å². The number of thiophene rings is 1. The van der Waals surface area contributed by atoms with Gasteiger partial charge in [-0.2, -0.15) is 0 Å². The fourth-order valence-corrected chi connectivity index (χ4v) is 3.49. The number of carboxylic acid groups (broad SMARTS) is 1. The van der Waals surface area contributed by atoms with Crippen molar-refractivity contribution >= 4 is 17.3 Å². The lowest BCUT2D eigenvalue weighted by molar-refractivity contribution is -0.138. The summed E-state index contributed by atoms with van der Waals surface area (Å²) in [6.07, 6.45) is 1.34. The van der Waals surface area contributed by atoms with Crippen LogP contribution in [0.25, 0.3) is 0 Å². The molecule has 1 atom stereocenters. The highest BCUT2D eigenvalue weighted by Gasteiger charge is 2.24. The van der Waals surface area contributed by atoms with Crippen LogP contribution in [0.5, 0.6) is 0 Å². The molecule has 1 saturated heterocycles. The summed E-state index contributed by atoms with van der Waals surface area (Å²) in [5.74, 6) is -0.327. The van der Waals surface area contributed by atoms with E-state index in [0.717, 1.165) is 26.1 Å². The molecular formula is C13H19NO2S. The molecule has 17 heavy (non-hydrogen) atoms. The molecule has 0 saturated carbocycles. The molecule has 0 radical (unpaired) electrons. The standard InChI is InChI=1S/C13H19NO2S/c1-9-5-12(10(2)17-9)8-14-4-3-11(7-14)6-13(15)16/h5,11H,3-4,6-8H2,1-2H3,(H,15,16). The second-order valence-corrected chi connectivity index (χ2v) is 6.39. The van der Waals surface area contributed by atoms with E-state index in [2.05, 4.69) is 24.8 Å². The molecule has 1 aromatic heterocycles. The summed E-state index contributed by atoms with van der Waals surface area (Å²) in [7, 11) is 0. The summed E-state index contributed by atoms with van der Waals surface area (Å²) in [6, 6.07) is 2.25. The zero-order valence-electron chi connectivity index (χ0n) is 10.4. The average Bonchev–Trinajstić information content (AvgIpc) is 2.74. The number of carboxylic acids is 1. The number of nitrogens with zero attached hydrogens (tertiary/aromatic N) is 1. The second kappa shape index (κ2) is 5.19. The lowest BCUT2D eigenvalue weighted by atomic mass is 10.1. The van der Waals surface area contributed by atoms with Crippen LogP contribution in [-0.4, -0.2) is 29.1 Å². The van der Waals surface area contributed by atoms with Crippen molar-refractivity contribution in [2.24, 2.45) is 5.92 Å². The van der Waals surface area contributed by atoms with E-state index in [4.69, 9.17) is 5.11 Å². The van der Waals surface area contributed by atoms with Gasteiger partial charge in [-0.25, -0.2) is 0 Å². The fourth-order valence-electron chi connectivity index (χ4n) is 2.55. The van der Waals surface area contributed by atoms with Crippen molar-refractivity contribution in [3.05, 3.63) is 21.4 Å². The largest absolute Gasteiger partial charge is 0.481 e. The summed E-state index contributed by atoms with van der Waals surface area (Å²) in [6.45, 7) is 7.25. The summed E-state index contributed by atoms with van der Waals surface area (Å²) in [5, 5.41) is 8.78. The second-order valence-electron chi connectivity index (χ2n) is 4.93. The third-order valence-corrected chi connectivity index (χ3v) is 4.38. The van der Waals surface area contributed by atoms with Crippen LogP contribution in [-0.2, 0) is 11.3 Å². The van der Waals surface area contributed by atoms with Gasteiger partial charge in [-0.05, 0) is 44.4 Å². The van der Waals surface area contributed by atoms with Gasteiger partial charge in [0.1, 0.15) is 0 Å². The molecule has 0 bridgehead atoms. The molecule has 3 nitrogen and oxygen atoms in total. The molecule has 1 aliphatic heterocycles. The normalized spacial score (nSPS) is 20.9. The minimum Gasteiger partial charge on any atom is -0.481 e. The third-order valence-electron chi connectivity index (χ3n) is 3.37. The van der Waals surface area contributed by atoms with Crippen LogP contribution in [0, 0.1) is 19.8 Å². The molecule has 1 unspecified atom stereocenters. The van der Waals surface area contributed by atoms with Gasteiger partial charge < -0.3 is 5.11 Å². The minimum absolute atomic E-state index is 0.318. The van der Waals surface area contributed by atoms with E-state index >= 15 is 0 Å². The Morgan fingerprint density at radius 2 is 2.35 bits per heavy atom. The first-order valence-corrected chi connectivity index (χ1v) is 6.86. The van der Waals surface area contributed by atoms with E-state index in [1.165, 1.54) is 15.3 Å². The van der Waals surface area contributed by atoms with E-state index in [0.29, 0.717) is 12.3 Å². The summed E-state index contributed by atoms with van der Waals surface area (Å²) in [5.41, 5.74) is 1.41. The molecule has 1 aromatic rings. The number of aliphatic carboxylic acids is 1. The van der Waals surface area contributed by atoms with Crippen LogP contribution in [0.3, 0.4) is 0 Å². The number of likely N-dealkylation sites (tertiary alicyclic amines) is 1. The molecule has 0 aromatic carbocycles. The summed E-state index contributed by atoms with van der Waals surface area (Å²) >= 11 is 1.84. The first kappa shape index (κ1) is 12.6. The maximum absolute atomic E-state index is 10.7. The molecule has 4 heteroatoms.